The van der Waals surface area contributed by atoms with Crippen molar-refractivity contribution in [1.82, 2.24) is 39.2 Å². The Morgan fingerprint density at radius 2 is 0.690 bits per heavy atom. The Morgan fingerprint density at radius 3 is 1.01 bits per heavy atom. The Bertz CT molecular complexity index is 7000. The number of ether oxygens (including phenoxy) is 12. The maximum Gasteiger partial charge on any atom is 0.346 e. The van der Waals surface area contributed by atoms with Gasteiger partial charge in [0.2, 0.25) is 20.4 Å². The molecule has 0 aromatic heterocycles. The molecule has 15 aliphatic rings. The summed E-state index contributed by atoms with van der Waals surface area (Å²) in [4.78, 5) is 92.3. The molecule has 15 aliphatic heterocycles. The number of cyclic esters (lactones) is 2. The molecule has 730 valence electrons. The van der Waals surface area contributed by atoms with Gasteiger partial charge in [0.15, 0.2) is 69.0 Å². The first-order valence-corrected chi connectivity index (χ1v) is 47.4. The number of likely N-dealkylation sites (N-methyl/N-ethyl adjacent to an activating group) is 3. The summed E-state index contributed by atoms with van der Waals surface area (Å²) in [5.41, 5.74) is 23.4. The standard InChI is InChI=1S/C37H36N4O7.C34H32N4O7.C29H34N4O5.C8H4O3/c1-6-11-46-33-19(3)34-35(48-17-47-34)29-23(33)14-25-30-28-20(12-18(2)32(45-5)31(28)42)13-24(39(30)4)26(15-38)41(25)27(29)16-40-36(43)21-9-7-8-10-22(21)37(40)44;1-15-9-17-10-21-23(12-35)38-22(27(36(21)3)25(17)29(40)30(15)43-4)11-20-26(32-31(44-14-45-32)16(2)28(20)39)24(38)13-37-33(41)18-7-5-6-8-19(18)34(37)42;1-6-7-36-27-15(3)28-29(38-13-37-28)23-17(27)10-19-24-22-16(8-14(2)26(35-5)25(22)34)9-18(32(24)4)20(11-30)33(19)21(23)12-31;9-7-5-3-1-2-4-6(5)8(10)11-7/h6-10,12,24-27,30,42H,1,11,13-14,16-17H2,2-5H3;5-9,21-24,27,39-40H,10-11,13-14H2,1-4H3;6,8,18-21,24,34H,1,7,9-10,12-13,31H2,2-5H3;1-4H/t24-,25?,26-,27?,30-;21-,22?,23-,24?,27-;18-,19?,20-,21-,24-;/m000./s1. The lowest BCUT2D eigenvalue weighted by atomic mass is 9.71. The molecule has 0 saturated carbocycles. The zero-order chi connectivity index (χ0) is 99.8. The third-order valence-corrected chi connectivity index (χ3v) is 31.8. The molecule has 0 radical (unpaired) electrons. The molecule has 4 amide bonds. The van der Waals surface area contributed by atoms with Crippen molar-refractivity contribution in [1.29, 1.82) is 15.8 Å². The smallest absolute Gasteiger partial charge is 0.346 e. The molecule has 3 fully saturated rings. The number of carbonyl (C=O) groups excluding carboxylic acids is 6. The third kappa shape index (κ3) is 13.8. The third-order valence-electron chi connectivity index (χ3n) is 31.8. The first kappa shape index (κ1) is 93.4. The fraction of sp³-hybridized carbons (Fsp3) is 0.380. The van der Waals surface area contributed by atoms with Crippen molar-refractivity contribution in [2.24, 2.45) is 5.73 Å². The van der Waals surface area contributed by atoms with Crippen molar-refractivity contribution in [3.05, 3.63) is 250 Å². The minimum Gasteiger partial charge on any atom is -0.507 e. The summed E-state index contributed by atoms with van der Waals surface area (Å²) >= 11 is 0. The zero-order valence-electron chi connectivity index (χ0n) is 80.4. The normalized spacial score (nSPS) is 25.2. The summed E-state index contributed by atoms with van der Waals surface area (Å²) in [5.74, 6) is 3.72. The molecule has 24 rings (SSSR count). The fourth-order valence-corrected chi connectivity index (χ4v) is 26.0. The number of nitrogens with zero attached hydrogens (tertiary/aromatic N) is 11. The number of fused-ring (bicyclic) bond motifs is 30. The molecule has 15 heterocycles. The van der Waals surface area contributed by atoms with E-state index in [-0.39, 0.29) is 129 Å². The zero-order valence-corrected chi connectivity index (χ0v) is 80.4. The topological polar surface area (TPSA) is 417 Å². The molecule has 0 spiro atoms. The number of benzene rings is 9. The van der Waals surface area contributed by atoms with E-state index in [1.165, 1.54) is 16.9 Å². The Kier molecular flexibility index (Phi) is 23.5. The molecule has 6 N–H and O–H groups in total. The number of nitrogens with two attached hydrogens (primary N) is 1. The van der Waals surface area contributed by atoms with E-state index in [4.69, 9.17) is 57.8 Å². The van der Waals surface area contributed by atoms with Crippen LogP contribution in [0.4, 0.5) is 0 Å². The lowest BCUT2D eigenvalue weighted by molar-refractivity contribution is -0.0758. The van der Waals surface area contributed by atoms with E-state index < -0.39 is 60.0 Å². The fourth-order valence-electron chi connectivity index (χ4n) is 26.0. The minimum absolute atomic E-state index is 0.00670. The number of esters is 2. The molecule has 15 atom stereocenters. The average Bonchev–Trinajstić information content (AvgIpc) is 0.838. The SMILES string of the molecule is C=CCOc1c(C)c2c(c3c1CC1[C@H]4c5c(cc(C)c(OC)c5O)C[C@@H]([C@H](C#N)N1C3CN1C(=O)c3ccccc3C1=O)N4C)OCO2.C=CCOc1c(C)c2c(c3c1CC1[C@H]4c5c(cc(C)c(OC)c5O)C[C@@H]([C@H](C#N)N1[C@H]3CN)N4C)OCO2.COc1c(C)cc2c(c1O)[C@@H]1C3Cc4c(O)c(C)c5c(c4C(CN4C(=O)c6ccccc6C4=O)N3[C@@H](C#N)[C@H](C2)N1C)OCO5.O=C1OC(=O)c2ccccc21. The number of piperazine rings is 3. The van der Waals surface area contributed by atoms with Gasteiger partial charge in [0.1, 0.15) is 48.6 Å². The molecule has 3 saturated heterocycles. The van der Waals surface area contributed by atoms with Crippen LogP contribution in [-0.2, 0) is 43.3 Å². The van der Waals surface area contributed by atoms with Crippen LogP contribution in [0.1, 0.15) is 199 Å². The van der Waals surface area contributed by atoms with E-state index in [9.17, 15) is 65.0 Å². The van der Waals surface area contributed by atoms with Crippen molar-refractivity contribution in [2.75, 3.05) is 95.7 Å². The van der Waals surface area contributed by atoms with Crippen LogP contribution in [0.25, 0.3) is 0 Å². The number of amides is 4. The maximum absolute atomic E-state index is 13.8. The van der Waals surface area contributed by atoms with Crippen LogP contribution < -0.4 is 57.8 Å². The predicted octanol–water partition coefficient (Wildman–Crippen LogP) is 11.9. The summed E-state index contributed by atoms with van der Waals surface area (Å²) < 4.78 is 69.7. The molecule has 34 nitrogen and oxygen atoms in total. The number of carbonyl (C=O) groups is 6. The molecular formula is C108H106N12O22. The van der Waals surface area contributed by atoms with Gasteiger partial charge in [-0.25, -0.2) is 9.59 Å². The van der Waals surface area contributed by atoms with Gasteiger partial charge in [0.05, 0.1) is 109 Å². The second-order valence-corrected chi connectivity index (χ2v) is 38.5. The summed E-state index contributed by atoms with van der Waals surface area (Å²) in [6.45, 7) is 20.0. The highest BCUT2D eigenvalue weighted by atomic mass is 16.7. The van der Waals surface area contributed by atoms with Gasteiger partial charge < -0.3 is 83.0 Å². The number of imide groups is 2. The van der Waals surface area contributed by atoms with Gasteiger partial charge in [-0.2, -0.15) is 15.8 Å². The van der Waals surface area contributed by atoms with Crippen LogP contribution in [0.2, 0.25) is 0 Å². The minimum atomic E-state index is -0.706. The molecule has 9 aromatic carbocycles. The second-order valence-electron chi connectivity index (χ2n) is 38.5. The van der Waals surface area contributed by atoms with Crippen LogP contribution in [-0.4, -0.2) is 245 Å². The average molecular weight is 1920 g/mol. The number of rotatable bonds is 14. The molecule has 0 aliphatic carbocycles. The maximum atomic E-state index is 13.8. The highest BCUT2D eigenvalue weighted by molar-refractivity contribution is 6.22. The molecule has 5 unspecified atom stereocenters. The number of aromatic hydroxyl groups is 4. The Morgan fingerprint density at radius 1 is 0.394 bits per heavy atom. The number of hydrogen-bond acceptors (Lipinski definition) is 32. The highest BCUT2D eigenvalue weighted by Crippen LogP contribution is 2.64. The van der Waals surface area contributed by atoms with E-state index in [2.05, 4.69) is 84.7 Å². The van der Waals surface area contributed by atoms with E-state index in [0.717, 1.165) is 89.2 Å². The summed E-state index contributed by atoms with van der Waals surface area (Å²) in [5, 5.41) is 78.8. The number of methoxy groups -OCH3 is 3. The van der Waals surface area contributed by atoms with Crippen LogP contribution in [0.3, 0.4) is 0 Å². The van der Waals surface area contributed by atoms with E-state index in [0.29, 0.717) is 159 Å². The van der Waals surface area contributed by atoms with Crippen molar-refractivity contribution in [2.45, 2.75) is 171 Å². The van der Waals surface area contributed by atoms with Crippen molar-refractivity contribution < 1.29 is 106 Å². The highest BCUT2D eigenvalue weighted by Gasteiger charge is 2.63. The summed E-state index contributed by atoms with van der Waals surface area (Å²) in [6, 6.07) is 28.3. The van der Waals surface area contributed by atoms with Gasteiger partial charge in [-0.15, -0.1) is 0 Å². The van der Waals surface area contributed by atoms with Crippen LogP contribution in [0.15, 0.2) is 116 Å². The van der Waals surface area contributed by atoms with Gasteiger partial charge >= 0.3 is 11.9 Å². The molecular weight excluding hydrogens is 1820 g/mol. The number of nitriles is 3. The van der Waals surface area contributed by atoms with Crippen molar-refractivity contribution >= 4 is 35.6 Å². The lowest BCUT2D eigenvalue weighted by Gasteiger charge is -2.60. The first-order valence-electron chi connectivity index (χ1n) is 47.4. The quantitative estimate of drug-likeness (QED) is 0.0292. The second kappa shape index (κ2) is 35.7. The van der Waals surface area contributed by atoms with Crippen LogP contribution >= 0.6 is 0 Å². The number of hydrogen-bond donors (Lipinski definition) is 5. The van der Waals surface area contributed by atoms with Crippen LogP contribution in [0, 0.1) is 75.5 Å². The molecule has 9 aromatic rings. The number of phenols is 4. The molecule has 6 bridgehead atoms. The summed E-state index contributed by atoms with van der Waals surface area (Å²) in [6.07, 6.45) is 6.42. The lowest BCUT2D eigenvalue weighted by Crippen LogP contribution is -2.68. The molecule has 142 heavy (non-hydrogen) atoms. The summed E-state index contributed by atoms with van der Waals surface area (Å²) in [7, 11) is 10.7. The van der Waals surface area contributed by atoms with E-state index in [1.54, 1.807) is 106 Å². The van der Waals surface area contributed by atoms with Gasteiger partial charge in [-0.3, -0.25) is 58.4 Å². The van der Waals surface area contributed by atoms with Crippen molar-refractivity contribution in [3.63, 3.8) is 0 Å². The Balaban J connectivity index is 0.000000120. The van der Waals surface area contributed by atoms with E-state index >= 15 is 0 Å². The van der Waals surface area contributed by atoms with Gasteiger partial charge in [0, 0.05) is 123 Å². The first-order chi connectivity index (χ1) is 68.5. The number of phenolic OH excluding ortho intramolecular Hbond substituents is 4. The van der Waals surface area contributed by atoms with Gasteiger partial charge in [0.25, 0.3) is 23.6 Å². The van der Waals surface area contributed by atoms with Crippen molar-refractivity contribution in [3.8, 4) is 104 Å². The number of aryl methyl sites for hydroxylation is 3. The van der Waals surface area contributed by atoms with E-state index in [1.807, 2.05) is 54.8 Å². The largest absolute Gasteiger partial charge is 0.507 e. The Hall–Kier alpha value is -14.9. The predicted molar refractivity (Wildman–Crippen MR) is 510 cm³/mol. The Labute approximate surface area is 818 Å². The monoisotopic (exact) mass is 1920 g/mol. The molecule has 34 heteroatoms. The van der Waals surface area contributed by atoms with Crippen LogP contribution in [0.5, 0.6) is 86.2 Å². The van der Waals surface area contributed by atoms with Gasteiger partial charge in [-0.1, -0.05) is 79.9 Å². The van der Waals surface area contributed by atoms with Gasteiger partial charge in [-0.05, 0) is 171 Å².